The normalized spacial score (nSPS) is 12.4. The lowest BCUT2D eigenvalue weighted by molar-refractivity contribution is 0.153. The highest BCUT2D eigenvalue weighted by Gasteiger charge is 2.17. The number of imidazole rings is 1. The molecule has 0 saturated carbocycles. The van der Waals surface area contributed by atoms with Crippen LogP contribution in [0.25, 0.3) is 11.0 Å². The predicted molar refractivity (Wildman–Crippen MR) is 84.2 cm³/mol. The molecule has 1 atom stereocenters. The van der Waals surface area contributed by atoms with Gasteiger partial charge in [0.15, 0.2) is 11.6 Å². The van der Waals surface area contributed by atoms with Crippen LogP contribution >= 0.6 is 0 Å². The third-order valence-corrected chi connectivity index (χ3v) is 3.83. The summed E-state index contributed by atoms with van der Waals surface area (Å²) >= 11 is 0. The summed E-state index contributed by atoms with van der Waals surface area (Å²) in [4.78, 5) is 4.03. The zero-order valence-electron chi connectivity index (χ0n) is 13.2. The highest BCUT2D eigenvalue weighted by Crippen LogP contribution is 2.31. The fourth-order valence-electron chi connectivity index (χ4n) is 2.58. The van der Waals surface area contributed by atoms with Crippen LogP contribution in [0.2, 0.25) is 0 Å². The monoisotopic (exact) mass is 334 g/mol. The van der Waals surface area contributed by atoms with Gasteiger partial charge in [-0.1, -0.05) is 0 Å². The molecule has 3 rings (SSSR count). The molecule has 1 aromatic heterocycles. The van der Waals surface area contributed by atoms with Gasteiger partial charge in [-0.15, -0.1) is 0 Å². The van der Waals surface area contributed by atoms with E-state index in [1.54, 1.807) is 22.8 Å². The molecule has 3 aromatic rings. The van der Waals surface area contributed by atoms with Crippen molar-refractivity contribution in [3.8, 4) is 11.5 Å². The Bertz CT molecular complexity index is 880. The molecular weight excluding hydrogens is 318 g/mol. The second kappa shape index (κ2) is 6.45. The first-order valence-corrected chi connectivity index (χ1v) is 7.23. The second-order valence-electron chi connectivity index (χ2n) is 5.28. The van der Waals surface area contributed by atoms with E-state index >= 15 is 0 Å². The van der Waals surface area contributed by atoms with E-state index in [-0.39, 0.29) is 6.54 Å². The van der Waals surface area contributed by atoms with Crippen molar-refractivity contribution in [2.24, 2.45) is 0 Å². The van der Waals surface area contributed by atoms with Crippen molar-refractivity contribution in [3.63, 3.8) is 0 Å². The van der Waals surface area contributed by atoms with Crippen LogP contribution in [0.1, 0.15) is 11.7 Å². The molecule has 0 aliphatic heterocycles. The van der Waals surface area contributed by atoms with Crippen LogP contribution in [0, 0.1) is 11.6 Å². The number of ether oxygens (including phenoxy) is 2. The van der Waals surface area contributed by atoms with E-state index in [2.05, 4.69) is 4.98 Å². The second-order valence-corrected chi connectivity index (χ2v) is 5.28. The van der Waals surface area contributed by atoms with Gasteiger partial charge in [0.2, 0.25) is 0 Å². The minimum absolute atomic E-state index is 0.102. The Morgan fingerprint density at radius 1 is 1.12 bits per heavy atom. The van der Waals surface area contributed by atoms with Crippen LogP contribution in [-0.4, -0.2) is 28.9 Å². The van der Waals surface area contributed by atoms with Gasteiger partial charge in [-0.2, -0.15) is 0 Å². The summed E-state index contributed by atoms with van der Waals surface area (Å²) in [6.45, 7) is 0.102. The van der Waals surface area contributed by atoms with Crippen LogP contribution in [0.5, 0.6) is 11.5 Å². The molecule has 5 nitrogen and oxygen atoms in total. The van der Waals surface area contributed by atoms with Gasteiger partial charge in [0.05, 0.1) is 38.1 Å². The summed E-state index contributed by atoms with van der Waals surface area (Å²) in [5, 5.41) is 10.6. The van der Waals surface area contributed by atoms with Crippen LogP contribution in [0.3, 0.4) is 0 Å². The standard InChI is InChI=1S/C17H16F2N2O3/c1-23-10-3-4-17(24-2)11(5-10)16(22)8-21-9-20-14-6-12(18)13(19)7-15(14)21/h3-7,9,16,22H,8H2,1-2H3. The number of aliphatic hydroxyl groups is 1. The summed E-state index contributed by atoms with van der Waals surface area (Å²) in [7, 11) is 3.03. The Balaban J connectivity index is 1.95. The molecule has 24 heavy (non-hydrogen) atoms. The Morgan fingerprint density at radius 2 is 1.88 bits per heavy atom. The number of nitrogens with zero attached hydrogens (tertiary/aromatic N) is 2. The van der Waals surface area contributed by atoms with Gasteiger partial charge in [0.25, 0.3) is 0 Å². The lowest BCUT2D eigenvalue weighted by Gasteiger charge is -2.17. The molecule has 0 fully saturated rings. The third-order valence-electron chi connectivity index (χ3n) is 3.83. The van der Waals surface area contributed by atoms with Crippen molar-refractivity contribution in [1.29, 1.82) is 0 Å². The van der Waals surface area contributed by atoms with Crippen molar-refractivity contribution < 1.29 is 23.4 Å². The van der Waals surface area contributed by atoms with E-state index in [0.717, 1.165) is 12.1 Å². The number of benzene rings is 2. The highest BCUT2D eigenvalue weighted by molar-refractivity contribution is 5.75. The van der Waals surface area contributed by atoms with Gasteiger partial charge >= 0.3 is 0 Å². The SMILES string of the molecule is COc1ccc(OC)c(C(O)Cn2cnc3cc(F)c(F)cc32)c1. The minimum Gasteiger partial charge on any atom is -0.497 e. The van der Waals surface area contributed by atoms with E-state index in [0.29, 0.717) is 28.1 Å². The van der Waals surface area contributed by atoms with Gasteiger partial charge in [-0.05, 0) is 18.2 Å². The van der Waals surface area contributed by atoms with Crippen LogP contribution in [0.4, 0.5) is 8.78 Å². The molecule has 7 heteroatoms. The molecule has 0 aliphatic carbocycles. The zero-order valence-corrected chi connectivity index (χ0v) is 13.2. The molecule has 1 unspecified atom stereocenters. The number of hydrogen-bond acceptors (Lipinski definition) is 4. The first-order chi connectivity index (χ1) is 11.5. The Hall–Kier alpha value is -2.67. The van der Waals surface area contributed by atoms with E-state index in [4.69, 9.17) is 9.47 Å². The first-order valence-electron chi connectivity index (χ1n) is 7.23. The summed E-state index contributed by atoms with van der Waals surface area (Å²) in [6.07, 6.45) is 0.486. The largest absolute Gasteiger partial charge is 0.497 e. The van der Waals surface area contributed by atoms with Gasteiger partial charge in [-0.25, -0.2) is 13.8 Å². The van der Waals surface area contributed by atoms with Crippen molar-refractivity contribution in [2.75, 3.05) is 14.2 Å². The molecule has 2 aromatic carbocycles. The summed E-state index contributed by atoms with van der Waals surface area (Å²) < 4.78 is 38.7. The average molecular weight is 334 g/mol. The molecule has 1 heterocycles. The van der Waals surface area contributed by atoms with Crippen molar-refractivity contribution in [3.05, 3.63) is 53.9 Å². The average Bonchev–Trinajstić information content (AvgIpc) is 2.96. The van der Waals surface area contributed by atoms with Gasteiger partial charge < -0.3 is 19.1 Å². The molecule has 1 N–H and O–H groups in total. The lowest BCUT2D eigenvalue weighted by atomic mass is 10.1. The molecule has 0 radical (unpaired) electrons. The zero-order chi connectivity index (χ0) is 17.3. The van der Waals surface area contributed by atoms with Crippen molar-refractivity contribution in [1.82, 2.24) is 9.55 Å². The molecule has 126 valence electrons. The molecule has 0 saturated heterocycles. The first kappa shape index (κ1) is 16.2. The number of hydrogen-bond donors (Lipinski definition) is 1. The van der Waals surface area contributed by atoms with E-state index in [1.165, 1.54) is 20.5 Å². The fraction of sp³-hybridized carbons (Fsp3) is 0.235. The molecule has 0 amide bonds. The Labute approximate surface area is 137 Å². The minimum atomic E-state index is -0.960. The number of aromatic nitrogens is 2. The fourth-order valence-corrected chi connectivity index (χ4v) is 2.58. The van der Waals surface area contributed by atoms with Gasteiger partial charge in [0.1, 0.15) is 17.6 Å². The van der Waals surface area contributed by atoms with Crippen LogP contribution in [-0.2, 0) is 6.54 Å². The van der Waals surface area contributed by atoms with E-state index in [9.17, 15) is 13.9 Å². The summed E-state index contributed by atoms with van der Waals surface area (Å²) in [5.41, 5.74) is 1.25. The topological polar surface area (TPSA) is 56.5 Å². The molecule has 0 spiro atoms. The maximum Gasteiger partial charge on any atom is 0.161 e. The number of methoxy groups -OCH3 is 2. The number of fused-ring (bicyclic) bond motifs is 1. The van der Waals surface area contributed by atoms with E-state index < -0.39 is 17.7 Å². The quantitative estimate of drug-likeness (QED) is 0.779. The molecule has 0 aliphatic rings. The van der Waals surface area contributed by atoms with Crippen molar-refractivity contribution in [2.45, 2.75) is 12.6 Å². The van der Waals surface area contributed by atoms with E-state index in [1.807, 2.05) is 0 Å². The molecule has 0 bridgehead atoms. The summed E-state index contributed by atoms with van der Waals surface area (Å²) in [6, 6.07) is 7.17. The molecular formula is C17H16F2N2O3. The Kier molecular flexibility index (Phi) is 4.35. The highest BCUT2D eigenvalue weighted by atomic mass is 19.2. The summed E-state index contributed by atoms with van der Waals surface area (Å²) in [5.74, 6) is -0.834. The predicted octanol–water partition coefficient (Wildman–Crippen LogP) is 3.07. The number of aliphatic hydroxyl groups excluding tert-OH is 1. The maximum absolute atomic E-state index is 13.5. The number of halogens is 2. The number of rotatable bonds is 5. The third kappa shape index (κ3) is 2.90. The van der Waals surface area contributed by atoms with Gasteiger partial charge in [0, 0.05) is 17.7 Å². The van der Waals surface area contributed by atoms with Crippen LogP contribution < -0.4 is 9.47 Å². The van der Waals surface area contributed by atoms with Gasteiger partial charge in [-0.3, -0.25) is 0 Å². The lowest BCUT2D eigenvalue weighted by Crippen LogP contribution is -2.09. The Morgan fingerprint density at radius 3 is 2.58 bits per heavy atom. The maximum atomic E-state index is 13.5. The van der Waals surface area contributed by atoms with Crippen LogP contribution in [0.15, 0.2) is 36.7 Å². The smallest absolute Gasteiger partial charge is 0.161 e. The van der Waals surface area contributed by atoms with Crippen molar-refractivity contribution >= 4 is 11.0 Å².